The van der Waals surface area contributed by atoms with E-state index in [1.807, 2.05) is 69.0 Å². The molecule has 184 valence electrons. The number of aliphatic imine (C=N–C) groups is 1. The predicted octanol–water partition coefficient (Wildman–Crippen LogP) is 4.42. The van der Waals surface area contributed by atoms with Gasteiger partial charge in [-0.1, -0.05) is 30.0 Å². The maximum absolute atomic E-state index is 13.5. The Balaban J connectivity index is 1.60. The van der Waals surface area contributed by atoms with E-state index in [0.29, 0.717) is 24.0 Å². The van der Waals surface area contributed by atoms with Gasteiger partial charge in [-0.05, 0) is 74.7 Å². The molecule has 0 bridgehead atoms. The van der Waals surface area contributed by atoms with Crippen molar-refractivity contribution in [2.45, 2.75) is 39.9 Å². The first-order valence-corrected chi connectivity index (χ1v) is 12.7. The number of aryl methyl sites for hydroxylation is 2. The van der Waals surface area contributed by atoms with Crippen LogP contribution in [0.15, 0.2) is 53.2 Å². The number of carbonyl (C=O) groups is 2. The van der Waals surface area contributed by atoms with Gasteiger partial charge in [0.05, 0.1) is 30.8 Å². The molecule has 2 aromatic rings. The Morgan fingerprint density at radius 2 is 1.74 bits per heavy atom. The minimum Gasteiger partial charge on any atom is -0.497 e. The normalized spacial score (nSPS) is 21.5. The van der Waals surface area contributed by atoms with Gasteiger partial charge >= 0.3 is 0 Å². The number of methoxy groups -OCH3 is 1. The van der Waals surface area contributed by atoms with Crippen LogP contribution in [0.5, 0.6) is 5.75 Å². The summed E-state index contributed by atoms with van der Waals surface area (Å²) < 4.78 is 11.0. The van der Waals surface area contributed by atoms with Crippen molar-refractivity contribution in [2.24, 2.45) is 4.99 Å². The number of amides is 2. The van der Waals surface area contributed by atoms with Crippen LogP contribution < -0.4 is 9.64 Å². The smallest absolute Gasteiger partial charge is 0.283 e. The number of hydrogen-bond donors (Lipinski definition) is 0. The van der Waals surface area contributed by atoms with Crippen LogP contribution in [0, 0.1) is 13.8 Å². The molecular formula is C27H31N3O4S. The lowest BCUT2D eigenvalue weighted by atomic mass is 10.1. The molecule has 0 saturated carbocycles. The lowest BCUT2D eigenvalue weighted by molar-refractivity contribution is -0.140. The fourth-order valence-electron chi connectivity index (χ4n) is 4.36. The van der Waals surface area contributed by atoms with Crippen LogP contribution in [0.4, 0.5) is 5.69 Å². The second kappa shape index (κ2) is 10.7. The molecule has 0 N–H and O–H groups in total. The third kappa shape index (κ3) is 5.94. The van der Waals surface area contributed by atoms with Crippen LogP contribution in [0.3, 0.4) is 0 Å². The monoisotopic (exact) mass is 493 g/mol. The highest BCUT2D eigenvalue weighted by Crippen LogP contribution is 2.31. The quantitative estimate of drug-likeness (QED) is 0.577. The highest BCUT2D eigenvalue weighted by atomic mass is 32.2. The second-order valence-electron chi connectivity index (χ2n) is 9.03. The van der Waals surface area contributed by atoms with Gasteiger partial charge in [-0.2, -0.15) is 0 Å². The van der Waals surface area contributed by atoms with Crippen LogP contribution in [0.2, 0.25) is 0 Å². The third-order valence-corrected chi connectivity index (χ3v) is 6.73. The van der Waals surface area contributed by atoms with Crippen molar-refractivity contribution in [1.82, 2.24) is 4.90 Å². The van der Waals surface area contributed by atoms with E-state index in [4.69, 9.17) is 9.47 Å². The molecule has 8 heteroatoms. The molecule has 2 aliphatic heterocycles. The Morgan fingerprint density at radius 3 is 2.34 bits per heavy atom. The lowest BCUT2D eigenvalue weighted by Gasteiger charge is -2.35. The minimum atomic E-state index is -0.214. The molecule has 35 heavy (non-hydrogen) atoms. The average molecular weight is 494 g/mol. The number of benzene rings is 2. The van der Waals surface area contributed by atoms with Crippen molar-refractivity contribution in [3.8, 4) is 5.75 Å². The van der Waals surface area contributed by atoms with E-state index in [0.717, 1.165) is 28.1 Å². The van der Waals surface area contributed by atoms with E-state index >= 15 is 0 Å². The van der Waals surface area contributed by atoms with Crippen LogP contribution >= 0.6 is 11.8 Å². The van der Waals surface area contributed by atoms with E-state index in [-0.39, 0.29) is 29.8 Å². The topological polar surface area (TPSA) is 71.4 Å². The van der Waals surface area contributed by atoms with E-state index in [1.54, 1.807) is 18.1 Å². The highest BCUT2D eigenvalue weighted by molar-refractivity contribution is 8.14. The first-order chi connectivity index (χ1) is 16.7. The van der Waals surface area contributed by atoms with E-state index in [2.05, 4.69) is 11.1 Å². The predicted molar refractivity (Wildman–Crippen MR) is 141 cm³/mol. The van der Waals surface area contributed by atoms with Crippen molar-refractivity contribution in [2.75, 3.05) is 30.9 Å². The molecular weight excluding hydrogens is 462 g/mol. The average Bonchev–Trinajstić information content (AvgIpc) is 3.11. The van der Waals surface area contributed by atoms with Gasteiger partial charge in [0.2, 0.25) is 5.91 Å². The summed E-state index contributed by atoms with van der Waals surface area (Å²) >= 11 is 1.29. The number of morpholine rings is 1. The molecule has 2 atom stereocenters. The Hall–Kier alpha value is -3.10. The molecule has 0 spiro atoms. The van der Waals surface area contributed by atoms with E-state index < -0.39 is 0 Å². The molecule has 2 unspecified atom stereocenters. The van der Waals surface area contributed by atoms with Crippen LogP contribution in [0.25, 0.3) is 6.08 Å². The van der Waals surface area contributed by atoms with Crippen molar-refractivity contribution < 1.29 is 19.1 Å². The molecule has 0 aromatic heterocycles. The molecule has 0 radical (unpaired) electrons. The van der Waals surface area contributed by atoms with Crippen LogP contribution in [-0.2, 0) is 14.3 Å². The highest BCUT2D eigenvalue weighted by Gasteiger charge is 2.33. The zero-order valence-electron chi connectivity index (χ0n) is 20.8. The number of ether oxygens (including phenoxy) is 2. The van der Waals surface area contributed by atoms with Gasteiger partial charge in [0.1, 0.15) is 11.4 Å². The molecule has 1 saturated heterocycles. The number of amidine groups is 1. The van der Waals surface area contributed by atoms with Crippen molar-refractivity contribution in [3.05, 3.63) is 64.9 Å². The maximum Gasteiger partial charge on any atom is 0.283 e. The number of thioether (sulfide) groups is 1. The van der Waals surface area contributed by atoms with Gasteiger partial charge in [-0.15, -0.1) is 0 Å². The van der Waals surface area contributed by atoms with Crippen LogP contribution in [0.1, 0.15) is 30.5 Å². The number of rotatable bonds is 5. The maximum atomic E-state index is 13.5. The van der Waals surface area contributed by atoms with E-state index in [9.17, 15) is 9.59 Å². The SMILES string of the molecule is COc1ccc(/C=C2\N=C(SCC(=O)N3CC(C)OC(C)C3)N(c3cc(C)cc(C)c3)C2=O)cc1. The fraction of sp³-hybridized carbons (Fsp3) is 0.370. The van der Waals surface area contributed by atoms with Gasteiger partial charge < -0.3 is 14.4 Å². The zero-order chi connectivity index (χ0) is 25.1. The largest absolute Gasteiger partial charge is 0.497 e. The van der Waals surface area contributed by atoms with Gasteiger partial charge in [0.25, 0.3) is 5.91 Å². The number of hydrogen-bond acceptors (Lipinski definition) is 6. The third-order valence-electron chi connectivity index (χ3n) is 5.81. The molecule has 2 heterocycles. The standard InChI is InChI=1S/C27H31N3O4S/c1-17-10-18(2)12-22(11-17)30-26(32)24(13-21-6-8-23(33-5)9-7-21)28-27(30)35-16-25(31)29-14-19(3)34-20(4)15-29/h6-13,19-20H,14-16H2,1-5H3/b24-13-. The Labute approximate surface area is 210 Å². The van der Waals surface area contributed by atoms with Crippen LogP contribution in [-0.4, -0.2) is 60.0 Å². The van der Waals surface area contributed by atoms with Gasteiger partial charge in [-0.3, -0.25) is 14.5 Å². The number of carbonyl (C=O) groups excluding carboxylic acids is 2. The van der Waals surface area contributed by atoms with Gasteiger partial charge in [0, 0.05) is 13.1 Å². The molecule has 7 nitrogen and oxygen atoms in total. The molecule has 1 fully saturated rings. The Morgan fingerprint density at radius 1 is 1.11 bits per heavy atom. The summed E-state index contributed by atoms with van der Waals surface area (Å²) in [4.78, 5) is 34.6. The van der Waals surface area contributed by atoms with Crippen molar-refractivity contribution in [1.29, 1.82) is 0 Å². The van der Waals surface area contributed by atoms with Crippen molar-refractivity contribution in [3.63, 3.8) is 0 Å². The Bertz CT molecular complexity index is 1150. The first kappa shape index (κ1) is 25.0. The zero-order valence-corrected chi connectivity index (χ0v) is 21.6. The summed E-state index contributed by atoms with van der Waals surface area (Å²) in [7, 11) is 1.61. The van der Waals surface area contributed by atoms with Gasteiger partial charge in [-0.25, -0.2) is 4.99 Å². The lowest BCUT2D eigenvalue weighted by Crippen LogP contribution is -2.49. The molecule has 0 aliphatic carbocycles. The minimum absolute atomic E-state index is 0.00361. The molecule has 2 aromatic carbocycles. The van der Waals surface area contributed by atoms with E-state index in [1.165, 1.54) is 11.8 Å². The summed E-state index contributed by atoms with van der Waals surface area (Å²) in [6, 6.07) is 13.4. The molecule has 2 amide bonds. The van der Waals surface area contributed by atoms with Crippen molar-refractivity contribution >= 4 is 40.5 Å². The Kier molecular flexibility index (Phi) is 7.62. The number of nitrogens with zero attached hydrogens (tertiary/aromatic N) is 3. The summed E-state index contributed by atoms with van der Waals surface area (Å²) in [5.41, 5.74) is 4.03. The summed E-state index contributed by atoms with van der Waals surface area (Å²) in [5, 5.41) is 0.502. The summed E-state index contributed by atoms with van der Waals surface area (Å²) in [5.74, 6) is 0.740. The summed E-state index contributed by atoms with van der Waals surface area (Å²) in [6.45, 7) is 9.08. The fourth-order valence-corrected chi connectivity index (χ4v) is 5.27. The molecule has 4 rings (SSSR count). The first-order valence-electron chi connectivity index (χ1n) is 11.7. The number of anilines is 1. The van der Waals surface area contributed by atoms with Gasteiger partial charge in [0.15, 0.2) is 5.17 Å². The molecule has 2 aliphatic rings. The summed E-state index contributed by atoms with van der Waals surface area (Å²) in [6.07, 6.45) is 1.77. The second-order valence-corrected chi connectivity index (χ2v) is 9.97.